The van der Waals surface area contributed by atoms with Crippen molar-refractivity contribution >= 4 is 5.91 Å². The molecule has 1 atom stereocenters. The third-order valence-electron chi connectivity index (χ3n) is 3.47. The van der Waals surface area contributed by atoms with Gasteiger partial charge >= 0.3 is 0 Å². The van der Waals surface area contributed by atoms with Gasteiger partial charge in [0.05, 0.1) is 13.2 Å². The Balaban J connectivity index is 2.29. The summed E-state index contributed by atoms with van der Waals surface area (Å²) in [6, 6.07) is 7.32. The molecule has 0 saturated heterocycles. The predicted molar refractivity (Wildman–Crippen MR) is 83.4 cm³/mol. The van der Waals surface area contributed by atoms with Gasteiger partial charge in [-0.2, -0.15) is 0 Å². The molecule has 0 aliphatic rings. The minimum absolute atomic E-state index is 0.145. The second kappa shape index (κ2) is 9.37. The van der Waals surface area contributed by atoms with Crippen LogP contribution in [-0.2, 0) is 4.79 Å². The van der Waals surface area contributed by atoms with E-state index in [4.69, 9.17) is 4.74 Å². The van der Waals surface area contributed by atoms with Gasteiger partial charge in [-0.1, -0.05) is 12.1 Å². The van der Waals surface area contributed by atoms with Gasteiger partial charge in [0, 0.05) is 32.6 Å². The third-order valence-corrected chi connectivity index (χ3v) is 3.47. The van der Waals surface area contributed by atoms with Crippen LogP contribution in [0.4, 0.5) is 0 Å². The zero-order valence-corrected chi connectivity index (χ0v) is 13.1. The van der Waals surface area contributed by atoms with Crippen LogP contribution in [0.5, 0.6) is 5.75 Å². The smallest absolute Gasteiger partial charge is 0.223 e. The molecule has 1 unspecified atom stereocenters. The maximum absolute atomic E-state index is 11.8. The van der Waals surface area contributed by atoms with Gasteiger partial charge in [-0.25, -0.2) is 0 Å². The zero-order chi connectivity index (χ0) is 15.7. The first-order valence-corrected chi connectivity index (χ1v) is 7.42. The second-order valence-electron chi connectivity index (χ2n) is 4.81. The Bertz CT molecular complexity index is 416. The highest BCUT2D eigenvalue weighted by Gasteiger charge is 2.10. The highest BCUT2D eigenvalue weighted by atomic mass is 16.5. The number of carbonyl (C=O) groups is 1. The van der Waals surface area contributed by atoms with Crippen LogP contribution in [0.3, 0.4) is 0 Å². The first-order valence-electron chi connectivity index (χ1n) is 7.42. The van der Waals surface area contributed by atoms with E-state index in [1.54, 1.807) is 7.11 Å². The number of amides is 1. The van der Waals surface area contributed by atoms with Crippen molar-refractivity contribution in [1.29, 1.82) is 0 Å². The van der Waals surface area contributed by atoms with Crippen molar-refractivity contribution in [2.24, 2.45) is 0 Å². The van der Waals surface area contributed by atoms with Gasteiger partial charge in [-0.15, -0.1) is 0 Å². The molecule has 1 aromatic rings. The van der Waals surface area contributed by atoms with Crippen LogP contribution >= 0.6 is 0 Å². The molecule has 0 aliphatic heterocycles. The Morgan fingerprint density at radius 3 is 2.43 bits per heavy atom. The number of hydrogen-bond donors (Lipinski definition) is 2. The van der Waals surface area contributed by atoms with Crippen LogP contribution < -0.4 is 10.1 Å². The van der Waals surface area contributed by atoms with Crippen LogP contribution in [0.1, 0.15) is 31.9 Å². The summed E-state index contributed by atoms with van der Waals surface area (Å²) in [6.45, 7) is 6.43. The second-order valence-corrected chi connectivity index (χ2v) is 4.81. The van der Waals surface area contributed by atoms with Crippen LogP contribution in [0, 0.1) is 0 Å². The van der Waals surface area contributed by atoms with Gasteiger partial charge in [0.15, 0.2) is 0 Å². The van der Waals surface area contributed by atoms with E-state index in [1.807, 2.05) is 43.0 Å². The van der Waals surface area contributed by atoms with E-state index in [0.717, 1.165) is 24.4 Å². The summed E-state index contributed by atoms with van der Waals surface area (Å²) >= 11 is 0. The van der Waals surface area contributed by atoms with Crippen LogP contribution in [0.25, 0.3) is 0 Å². The summed E-state index contributed by atoms with van der Waals surface area (Å²) in [4.78, 5) is 13.6. The third kappa shape index (κ3) is 5.73. The first kappa shape index (κ1) is 17.5. The monoisotopic (exact) mass is 294 g/mol. The van der Waals surface area contributed by atoms with Gasteiger partial charge in [-0.05, 0) is 31.5 Å². The molecule has 1 aromatic carbocycles. The van der Waals surface area contributed by atoms with Crippen LogP contribution in [0.2, 0.25) is 0 Å². The molecule has 1 rings (SSSR count). The molecule has 0 fully saturated rings. The molecule has 0 heterocycles. The normalized spacial score (nSPS) is 12.0. The number of benzene rings is 1. The lowest BCUT2D eigenvalue weighted by Gasteiger charge is -2.19. The molecule has 5 nitrogen and oxygen atoms in total. The summed E-state index contributed by atoms with van der Waals surface area (Å²) in [7, 11) is 1.61. The molecule has 0 spiro atoms. The minimum atomic E-state index is -0.584. The number of aliphatic hydroxyl groups excluding tert-OH is 1. The number of ether oxygens (including phenoxy) is 1. The van der Waals surface area contributed by atoms with Crippen molar-refractivity contribution in [2.75, 3.05) is 33.3 Å². The zero-order valence-electron chi connectivity index (χ0n) is 13.1. The summed E-state index contributed by atoms with van der Waals surface area (Å²) in [6.07, 6.45) is -0.128. The molecule has 0 saturated carbocycles. The van der Waals surface area contributed by atoms with Gasteiger partial charge < -0.3 is 20.1 Å². The molecule has 0 aliphatic carbocycles. The summed E-state index contributed by atoms with van der Waals surface area (Å²) in [5.41, 5.74) is 0.832. The summed E-state index contributed by atoms with van der Waals surface area (Å²) < 4.78 is 5.08. The quantitative estimate of drug-likeness (QED) is 0.679. The molecule has 1 amide bonds. The average molecular weight is 294 g/mol. The molecule has 0 bridgehead atoms. The molecular formula is C16H26N2O3. The molecular weight excluding hydrogens is 268 g/mol. The van der Waals surface area contributed by atoms with Gasteiger partial charge in [-0.3, -0.25) is 4.79 Å². The molecule has 118 valence electrons. The number of rotatable bonds is 9. The van der Waals surface area contributed by atoms with E-state index in [1.165, 1.54) is 0 Å². The van der Waals surface area contributed by atoms with E-state index in [9.17, 15) is 9.90 Å². The fraction of sp³-hybridized carbons (Fsp3) is 0.562. The molecule has 2 N–H and O–H groups in total. The van der Waals surface area contributed by atoms with Crippen LogP contribution in [0.15, 0.2) is 24.3 Å². The topological polar surface area (TPSA) is 61.8 Å². The van der Waals surface area contributed by atoms with Crippen molar-refractivity contribution in [3.63, 3.8) is 0 Å². The fourth-order valence-corrected chi connectivity index (χ4v) is 2.11. The average Bonchev–Trinajstić information content (AvgIpc) is 2.52. The van der Waals surface area contributed by atoms with E-state index in [-0.39, 0.29) is 5.91 Å². The number of methoxy groups -OCH3 is 1. The minimum Gasteiger partial charge on any atom is -0.497 e. The standard InChI is InChI=1S/C16H26N2O3/c1-4-18(5-2)16(20)10-11-17-12-15(19)13-6-8-14(21-3)9-7-13/h6-9,15,17,19H,4-5,10-12H2,1-3H3. The Hall–Kier alpha value is -1.59. The summed E-state index contributed by atoms with van der Waals surface area (Å²) in [5.74, 6) is 0.912. The van der Waals surface area contributed by atoms with Crippen molar-refractivity contribution in [1.82, 2.24) is 10.2 Å². The number of carbonyl (C=O) groups excluding carboxylic acids is 1. The highest BCUT2D eigenvalue weighted by molar-refractivity contribution is 5.76. The van der Waals surface area contributed by atoms with Gasteiger partial charge in [0.1, 0.15) is 5.75 Å². The van der Waals surface area contributed by atoms with Crippen molar-refractivity contribution in [3.05, 3.63) is 29.8 Å². The van der Waals surface area contributed by atoms with E-state index < -0.39 is 6.10 Å². The molecule has 21 heavy (non-hydrogen) atoms. The Kier molecular flexibility index (Phi) is 7.79. The predicted octanol–water partition coefficient (Wildman–Crippen LogP) is 1.58. The molecule has 0 aromatic heterocycles. The van der Waals surface area contributed by atoms with E-state index in [2.05, 4.69) is 5.32 Å². The van der Waals surface area contributed by atoms with Gasteiger partial charge in [0.2, 0.25) is 5.91 Å². The van der Waals surface area contributed by atoms with Gasteiger partial charge in [0.25, 0.3) is 0 Å². The first-order chi connectivity index (χ1) is 10.1. The molecule has 0 radical (unpaired) electrons. The summed E-state index contributed by atoms with van der Waals surface area (Å²) in [5, 5.41) is 13.2. The number of nitrogens with one attached hydrogen (secondary N) is 1. The van der Waals surface area contributed by atoms with Crippen molar-refractivity contribution in [2.45, 2.75) is 26.4 Å². The molecule has 5 heteroatoms. The lowest BCUT2D eigenvalue weighted by atomic mass is 10.1. The maximum atomic E-state index is 11.8. The van der Waals surface area contributed by atoms with E-state index >= 15 is 0 Å². The Morgan fingerprint density at radius 2 is 1.90 bits per heavy atom. The lowest BCUT2D eigenvalue weighted by molar-refractivity contribution is -0.130. The number of nitrogens with zero attached hydrogens (tertiary/aromatic N) is 1. The number of hydrogen-bond acceptors (Lipinski definition) is 4. The SMILES string of the molecule is CCN(CC)C(=O)CCNCC(O)c1ccc(OC)cc1. The Morgan fingerprint density at radius 1 is 1.29 bits per heavy atom. The maximum Gasteiger partial charge on any atom is 0.223 e. The van der Waals surface area contributed by atoms with E-state index in [0.29, 0.717) is 19.5 Å². The fourth-order valence-electron chi connectivity index (χ4n) is 2.11. The largest absolute Gasteiger partial charge is 0.497 e. The van der Waals surface area contributed by atoms with Crippen LogP contribution in [-0.4, -0.2) is 49.2 Å². The van der Waals surface area contributed by atoms with Crippen molar-refractivity contribution < 1.29 is 14.6 Å². The number of aliphatic hydroxyl groups is 1. The van der Waals surface area contributed by atoms with Crippen molar-refractivity contribution in [3.8, 4) is 5.75 Å². The Labute approximate surface area is 126 Å². The highest BCUT2D eigenvalue weighted by Crippen LogP contribution is 2.16. The lowest BCUT2D eigenvalue weighted by Crippen LogP contribution is -2.33.